The first-order valence-corrected chi connectivity index (χ1v) is 14.3. The molecule has 3 saturated carbocycles. The van der Waals surface area contributed by atoms with E-state index < -0.39 is 5.60 Å². The summed E-state index contributed by atoms with van der Waals surface area (Å²) in [6, 6.07) is 3.43. The zero-order valence-corrected chi connectivity index (χ0v) is 22.4. The van der Waals surface area contributed by atoms with E-state index in [0.717, 1.165) is 95.5 Å². The number of nitrogens with zero attached hydrogens (tertiary/aromatic N) is 2. The first-order chi connectivity index (χ1) is 17.8. The highest BCUT2D eigenvalue weighted by molar-refractivity contribution is 5.96. The Morgan fingerprint density at radius 2 is 1.92 bits per heavy atom. The predicted molar refractivity (Wildman–Crippen MR) is 142 cm³/mol. The van der Waals surface area contributed by atoms with Gasteiger partial charge >= 0.3 is 5.63 Å². The first kappa shape index (κ1) is 25.3. The van der Waals surface area contributed by atoms with E-state index >= 15 is 0 Å². The molecule has 7 nitrogen and oxygen atoms in total. The van der Waals surface area contributed by atoms with Gasteiger partial charge in [0.05, 0.1) is 30.8 Å². The molecule has 0 amide bonds. The standard InChI is InChI=1S/C30H42N2O5/c1-28-10-7-23(31-37-18-15-32-13-16-35-17-14-32)19-22(28)4-5-26-25(28)8-11-29(2)24(9-12-30(26,29)34)21-3-6-27(33)36-20-21/h3,6,19-20,24-26,34H,4-5,7-18H2,1-2H3/t24-,25?,26?,28+,29-,30+/m1/s1. The van der Waals surface area contributed by atoms with Gasteiger partial charge in [0.15, 0.2) is 0 Å². The molecule has 1 saturated heterocycles. The smallest absolute Gasteiger partial charge is 0.335 e. The van der Waals surface area contributed by atoms with Gasteiger partial charge in [0, 0.05) is 31.1 Å². The average Bonchev–Trinajstić information content (AvgIpc) is 3.19. The normalized spacial score (nSPS) is 41.0. The molecule has 6 rings (SSSR count). The second-order valence-corrected chi connectivity index (χ2v) is 12.6. The van der Waals surface area contributed by atoms with Gasteiger partial charge in [0.25, 0.3) is 0 Å². The summed E-state index contributed by atoms with van der Waals surface area (Å²) in [7, 11) is 0. The lowest BCUT2D eigenvalue weighted by Crippen LogP contribution is -2.60. The van der Waals surface area contributed by atoms with Crippen LogP contribution < -0.4 is 5.63 Å². The Balaban J connectivity index is 1.16. The summed E-state index contributed by atoms with van der Waals surface area (Å²) >= 11 is 0. The van der Waals surface area contributed by atoms with Gasteiger partial charge < -0.3 is 19.1 Å². The second kappa shape index (κ2) is 9.65. The summed E-state index contributed by atoms with van der Waals surface area (Å²) < 4.78 is 10.6. The molecule has 37 heavy (non-hydrogen) atoms. The van der Waals surface area contributed by atoms with Crippen LogP contribution in [0.3, 0.4) is 0 Å². The van der Waals surface area contributed by atoms with Crippen LogP contribution in [0, 0.1) is 22.7 Å². The highest BCUT2D eigenvalue weighted by Gasteiger charge is 2.66. The van der Waals surface area contributed by atoms with E-state index in [1.807, 2.05) is 6.07 Å². The molecule has 0 aromatic carbocycles. The average molecular weight is 511 g/mol. The van der Waals surface area contributed by atoms with Crippen molar-refractivity contribution >= 4 is 5.71 Å². The van der Waals surface area contributed by atoms with E-state index in [2.05, 4.69) is 30.0 Å². The van der Waals surface area contributed by atoms with Gasteiger partial charge in [0.1, 0.15) is 6.61 Å². The van der Waals surface area contributed by atoms with E-state index in [1.165, 1.54) is 11.6 Å². The molecule has 0 radical (unpaired) electrons. The number of hydrogen-bond donors (Lipinski definition) is 1. The number of oxime groups is 1. The van der Waals surface area contributed by atoms with Crippen LogP contribution in [0.25, 0.3) is 0 Å². The topological polar surface area (TPSA) is 84.5 Å². The number of morpholine rings is 1. The molecule has 7 heteroatoms. The van der Waals surface area contributed by atoms with Crippen LogP contribution in [0.1, 0.15) is 76.7 Å². The minimum absolute atomic E-state index is 0.115. The molecule has 0 bridgehead atoms. The Hall–Kier alpha value is -1.96. The molecule has 202 valence electrons. The van der Waals surface area contributed by atoms with Crippen LogP contribution in [-0.2, 0) is 9.57 Å². The van der Waals surface area contributed by atoms with Gasteiger partial charge in [-0.1, -0.05) is 24.6 Å². The van der Waals surface area contributed by atoms with Crippen molar-refractivity contribution in [3.63, 3.8) is 0 Å². The van der Waals surface area contributed by atoms with Gasteiger partial charge in [0.2, 0.25) is 0 Å². The second-order valence-electron chi connectivity index (χ2n) is 12.6. The largest absolute Gasteiger partial charge is 0.431 e. The van der Waals surface area contributed by atoms with Gasteiger partial charge in [-0.2, -0.15) is 0 Å². The fourth-order valence-corrected chi connectivity index (χ4v) is 8.84. The van der Waals surface area contributed by atoms with Crippen LogP contribution in [-0.4, -0.2) is 60.8 Å². The minimum atomic E-state index is -0.678. The number of ether oxygens (including phenoxy) is 1. The molecule has 0 spiro atoms. The number of aliphatic hydroxyl groups is 1. The molecular weight excluding hydrogens is 468 g/mol. The quantitative estimate of drug-likeness (QED) is 0.464. The zero-order chi connectivity index (χ0) is 25.7. The number of allylic oxidation sites excluding steroid dienone is 2. The zero-order valence-electron chi connectivity index (χ0n) is 22.4. The first-order valence-electron chi connectivity index (χ1n) is 14.3. The van der Waals surface area contributed by atoms with Crippen molar-refractivity contribution in [1.29, 1.82) is 0 Å². The van der Waals surface area contributed by atoms with Crippen LogP contribution in [0.15, 0.2) is 44.4 Å². The summed E-state index contributed by atoms with van der Waals surface area (Å²) in [6.07, 6.45) is 11.9. The van der Waals surface area contributed by atoms with Crippen molar-refractivity contribution in [2.75, 3.05) is 39.5 Å². The molecule has 1 aromatic rings. The Bertz CT molecular complexity index is 1100. The van der Waals surface area contributed by atoms with Crippen molar-refractivity contribution in [3.8, 4) is 0 Å². The molecule has 5 aliphatic rings. The lowest BCUT2D eigenvalue weighted by atomic mass is 9.45. The molecule has 6 atom stereocenters. The molecular formula is C30H42N2O5. The third kappa shape index (κ3) is 4.22. The van der Waals surface area contributed by atoms with Gasteiger partial charge in [-0.05, 0) is 92.2 Å². The monoisotopic (exact) mass is 510 g/mol. The summed E-state index contributed by atoms with van der Waals surface area (Å²) in [5, 5.41) is 16.9. The van der Waals surface area contributed by atoms with E-state index in [4.69, 9.17) is 14.0 Å². The lowest BCUT2D eigenvalue weighted by molar-refractivity contribution is -0.176. The van der Waals surface area contributed by atoms with Crippen molar-refractivity contribution < 1.29 is 19.1 Å². The molecule has 4 aliphatic carbocycles. The number of hydrogen-bond acceptors (Lipinski definition) is 7. The third-order valence-electron chi connectivity index (χ3n) is 11.1. The molecule has 2 unspecified atom stereocenters. The molecule has 1 N–H and O–H groups in total. The summed E-state index contributed by atoms with van der Waals surface area (Å²) in [5.74, 6) is 1.02. The summed E-state index contributed by atoms with van der Waals surface area (Å²) in [6.45, 7) is 9.80. The fourth-order valence-electron chi connectivity index (χ4n) is 8.84. The third-order valence-corrected chi connectivity index (χ3v) is 11.1. The molecule has 1 aromatic heterocycles. The SMILES string of the molecule is C[C@]12CCC(=NOCCN3CCOCC3)C=C1CCC1C2CC[C@]2(C)[C@@H](c3ccc(=O)oc3)CC[C@]12O. The van der Waals surface area contributed by atoms with Gasteiger partial charge in [-0.15, -0.1) is 0 Å². The number of rotatable bonds is 5. The molecule has 2 heterocycles. The van der Waals surface area contributed by atoms with Crippen molar-refractivity contribution in [1.82, 2.24) is 4.90 Å². The van der Waals surface area contributed by atoms with Crippen LogP contribution in [0.5, 0.6) is 0 Å². The molecule has 1 aliphatic heterocycles. The Kier molecular flexibility index (Phi) is 6.61. The highest BCUT2D eigenvalue weighted by Crippen LogP contribution is 2.69. The van der Waals surface area contributed by atoms with Crippen LogP contribution in [0.2, 0.25) is 0 Å². The van der Waals surface area contributed by atoms with E-state index in [-0.39, 0.29) is 22.4 Å². The highest BCUT2D eigenvalue weighted by atomic mass is 16.6. The van der Waals surface area contributed by atoms with Gasteiger partial charge in [-0.25, -0.2) is 4.79 Å². The Labute approximate surface area is 219 Å². The fraction of sp³-hybridized carbons (Fsp3) is 0.733. The van der Waals surface area contributed by atoms with Crippen molar-refractivity contribution in [2.24, 2.45) is 27.8 Å². The van der Waals surface area contributed by atoms with Crippen LogP contribution in [0.4, 0.5) is 0 Å². The Morgan fingerprint density at radius 1 is 1.08 bits per heavy atom. The van der Waals surface area contributed by atoms with E-state index in [0.29, 0.717) is 18.4 Å². The predicted octanol–water partition coefficient (Wildman–Crippen LogP) is 4.51. The lowest BCUT2D eigenvalue weighted by Gasteiger charge is -2.61. The van der Waals surface area contributed by atoms with Gasteiger partial charge in [-0.3, -0.25) is 4.90 Å². The summed E-state index contributed by atoms with van der Waals surface area (Å²) in [4.78, 5) is 19.6. The molecule has 4 fully saturated rings. The van der Waals surface area contributed by atoms with E-state index in [9.17, 15) is 9.90 Å². The van der Waals surface area contributed by atoms with Crippen molar-refractivity contribution in [3.05, 3.63) is 46.0 Å². The van der Waals surface area contributed by atoms with E-state index in [1.54, 1.807) is 6.26 Å². The maximum atomic E-state index is 12.4. The Morgan fingerprint density at radius 3 is 2.70 bits per heavy atom. The minimum Gasteiger partial charge on any atom is -0.431 e. The summed E-state index contributed by atoms with van der Waals surface area (Å²) in [5.41, 5.74) is 2.56. The maximum absolute atomic E-state index is 12.4. The van der Waals surface area contributed by atoms with Crippen molar-refractivity contribution in [2.45, 2.75) is 76.7 Å². The maximum Gasteiger partial charge on any atom is 0.335 e. The number of fused-ring (bicyclic) bond motifs is 5. The van der Waals surface area contributed by atoms with Crippen LogP contribution >= 0.6 is 0 Å².